The number of hydrogen-bond acceptors (Lipinski definition) is 4. The van der Waals surface area contributed by atoms with Crippen molar-refractivity contribution in [3.05, 3.63) is 17.7 Å². The monoisotopic (exact) mass is 493 g/mol. The molecule has 1 rings (SSSR count). The van der Waals surface area contributed by atoms with Gasteiger partial charge >= 0.3 is 0 Å². The van der Waals surface area contributed by atoms with Gasteiger partial charge in [0, 0.05) is 31.3 Å². The minimum Gasteiger partial charge on any atom is -0.496 e. The minimum absolute atomic E-state index is 0. The molecule has 2 N–H and O–H groups in total. The summed E-state index contributed by atoms with van der Waals surface area (Å²) in [6.45, 7) is 7.27. The number of aliphatic imine (C=N–C) groups is 1. The molecule has 7 heteroatoms. The molecule has 1 atom stereocenters. The fourth-order valence-corrected chi connectivity index (χ4v) is 2.74. The molecule has 0 aliphatic rings. The molecule has 0 radical (unpaired) electrons. The molecule has 0 fully saturated rings. The summed E-state index contributed by atoms with van der Waals surface area (Å²) >= 11 is 0. The molecular weight excluding hydrogens is 457 g/mol. The van der Waals surface area contributed by atoms with Crippen LogP contribution in [0.15, 0.2) is 17.1 Å². The Balaban J connectivity index is 0.00000676. The normalized spacial score (nSPS) is 12.2. The van der Waals surface area contributed by atoms with E-state index in [0.29, 0.717) is 24.1 Å². The Bertz CT molecular complexity index is 580. The number of ether oxygens (including phenoxy) is 3. The molecule has 0 amide bonds. The molecule has 0 aromatic heterocycles. The minimum atomic E-state index is 0. The number of halogens is 1. The smallest absolute Gasteiger partial charge is 0.191 e. The first-order chi connectivity index (χ1) is 12.4. The highest BCUT2D eigenvalue weighted by Gasteiger charge is 2.13. The van der Waals surface area contributed by atoms with Crippen molar-refractivity contribution in [2.24, 2.45) is 10.9 Å². The Hall–Kier alpha value is -1.38. The second kappa shape index (κ2) is 13.7. The first-order valence-corrected chi connectivity index (χ1v) is 9.21. The van der Waals surface area contributed by atoms with Gasteiger partial charge in [0.1, 0.15) is 5.75 Å². The highest BCUT2D eigenvalue weighted by molar-refractivity contribution is 14.0. The van der Waals surface area contributed by atoms with Gasteiger partial charge in [-0.25, -0.2) is 0 Å². The standard InChI is InChI=1S/C20H35N3O3.HI/c1-14(2)9-8-10-15(3)23-20(21-4)22-13-16-11-18(25-6)19(26-7)12-17(16)24-5;/h11-12,14-15H,8-10,13H2,1-7H3,(H2,21,22,23);1H. The average molecular weight is 493 g/mol. The van der Waals surface area contributed by atoms with Gasteiger partial charge < -0.3 is 24.8 Å². The molecule has 1 unspecified atom stereocenters. The lowest BCUT2D eigenvalue weighted by Crippen LogP contribution is -2.41. The maximum atomic E-state index is 5.47. The van der Waals surface area contributed by atoms with Crippen LogP contribution in [0.2, 0.25) is 0 Å². The SMILES string of the molecule is CN=C(NCc1cc(OC)c(OC)cc1OC)NC(C)CCCC(C)C.I. The van der Waals surface area contributed by atoms with Crippen LogP contribution >= 0.6 is 24.0 Å². The molecule has 0 aliphatic heterocycles. The van der Waals surface area contributed by atoms with Gasteiger partial charge in [-0.3, -0.25) is 4.99 Å². The van der Waals surface area contributed by atoms with Gasteiger partial charge in [0.15, 0.2) is 17.5 Å². The van der Waals surface area contributed by atoms with E-state index in [0.717, 1.165) is 29.6 Å². The zero-order chi connectivity index (χ0) is 19.5. The number of methoxy groups -OCH3 is 3. The summed E-state index contributed by atoms with van der Waals surface area (Å²) in [5.41, 5.74) is 0.973. The molecule has 0 aliphatic carbocycles. The van der Waals surface area contributed by atoms with Gasteiger partial charge in [-0.1, -0.05) is 26.7 Å². The van der Waals surface area contributed by atoms with Crippen LogP contribution in [0.1, 0.15) is 45.6 Å². The Morgan fingerprint density at radius 3 is 2.07 bits per heavy atom. The third-order valence-electron chi connectivity index (χ3n) is 4.26. The van der Waals surface area contributed by atoms with Crippen molar-refractivity contribution in [3.63, 3.8) is 0 Å². The Labute approximate surface area is 181 Å². The molecule has 6 nitrogen and oxygen atoms in total. The zero-order valence-electron chi connectivity index (χ0n) is 17.7. The van der Waals surface area contributed by atoms with Crippen molar-refractivity contribution in [2.45, 2.75) is 52.6 Å². The van der Waals surface area contributed by atoms with Gasteiger partial charge in [0.05, 0.1) is 21.3 Å². The molecule has 156 valence electrons. The second-order valence-corrected chi connectivity index (χ2v) is 6.81. The largest absolute Gasteiger partial charge is 0.496 e. The van der Waals surface area contributed by atoms with Gasteiger partial charge in [0.25, 0.3) is 0 Å². The van der Waals surface area contributed by atoms with Crippen LogP contribution in [0.4, 0.5) is 0 Å². The fraction of sp³-hybridized carbons (Fsp3) is 0.650. The third-order valence-corrected chi connectivity index (χ3v) is 4.26. The van der Waals surface area contributed by atoms with Crippen molar-refractivity contribution < 1.29 is 14.2 Å². The van der Waals surface area contributed by atoms with Crippen molar-refractivity contribution in [2.75, 3.05) is 28.4 Å². The van der Waals surface area contributed by atoms with E-state index in [1.807, 2.05) is 12.1 Å². The van der Waals surface area contributed by atoms with Gasteiger partial charge in [-0.05, 0) is 25.3 Å². The zero-order valence-corrected chi connectivity index (χ0v) is 20.0. The van der Waals surface area contributed by atoms with Crippen molar-refractivity contribution in [1.29, 1.82) is 0 Å². The Morgan fingerprint density at radius 1 is 0.963 bits per heavy atom. The Morgan fingerprint density at radius 2 is 1.56 bits per heavy atom. The Kier molecular flexibility index (Phi) is 13.0. The van der Waals surface area contributed by atoms with Crippen LogP contribution in [0.5, 0.6) is 17.2 Å². The maximum Gasteiger partial charge on any atom is 0.191 e. The molecule has 0 saturated carbocycles. The van der Waals surface area contributed by atoms with E-state index in [9.17, 15) is 0 Å². The summed E-state index contributed by atoms with van der Waals surface area (Å²) in [5, 5.41) is 6.78. The van der Waals surface area contributed by atoms with Crippen molar-refractivity contribution in [3.8, 4) is 17.2 Å². The summed E-state index contributed by atoms with van der Waals surface area (Å²) in [6.07, 6.45) is 3.59. The highest BCUT2D eigenvalue weighted by Crippen LogP contribution is 2.34. The van der Waals surface area contributed by atoms with Crippen LogP contribution in [-0.4, -0.2) is 40.4 Å². The predicted octanol–water partition coefficient (Wildman–Crippen LogP) is 4.21. The molecule has 1 aromatic carbocycles. The number of nitrogens with zero attached hydrogens (tertiary/aromatic N) is 1. The topological polar surface area (TPSA) is 64.1 Å². The summed E-state index contributed by atoms with van der Waals surface area (Å²) in [6, 6.07) is 4.12. The average Bonchev–Trinajstić information content (AvgIpc) is 2.63. The molecule has 0 heterocycles. The van der Waals surface area contributed by atoms with Crippen LogP contribution in [-0.2, 0) is 6.54 Å². The van der Waals surface area contributed by atoms with E-state index in [-0.39, 0.29) is 24.0 Å². The molecule has 27 heavy (non-hydrogen) atoms. The van der Waals surface area contributed by atoms with E-state index < -0.39 is 0 Å². The fourth-order valence-electron chi connectivity index (χ4n) is 2.74. The summed E-state index contributed by atoms with van der Waals surface area (Å²) in [4.78, 5) is 4.32. The van der Waals surface area contributed by atoms with E-state index >= 15 is 0 Å². The molecule has 0 saturated heterocycles. The molecular formula is C20H36IN3O3. The number of rotatable bonds is 10. The summed E-state index contributed by atoms with van der Waals surface area (Å²) in [7, 11) is 6.67. The molecule has 0 spiro atoms. The van der Waals surface area contributed by atoms with E-state index in [2.05, 4.69) is 36.4 Å². The van der Waals surface area contributed by atoms with Gasteiger partial charge in [-0.2, -0.15) is 0 Å². The lowest BCUT2D eigenvalue weighted by atomic mass is 10.0. The maximum absolute atomic E-state index is 5.47. The van der Waals surface area contributed by atoms with Crippen molar-refractivity contribution >= 4 is 29.9 Å². The first-order valence-electron chi connectivity index (χ1n) is 9.21. The van der Waals surface area contributed by atoms with Crippen LogP contribution < -0.4 is 24.8 Å². The number of hydrogen-bond donors (Lipinski definition) is 2. The number of nitrogens with one attached hydrogen (secondary N) is 2. The first kappa shape index (κ1) is 25.6. The lowest BCUT2D eigenvalue weighted by molar-refractivity contribution is 0.347. The number of guanidine groups is 1. The van der Waals surface area contributed by atoms with Crippen LogP contribution in [0.25, 0.3) is 0 Å². The van der Waals surface area contributed by atoms with Crippen LogP contribution in [0, 0.1) is 5.92 Å². The quantitative estimate of drug-likeness (QED) is 0.291. The van der Waals surface area contributed by atoms with Crippen molar-refractivity contribution in [1.82, 2.24) is 10.6 Å². The van der Waals surface area contributed by atoms with E-state index in [1.54, 1.807) is 28.4 Å². The van der Waals surface area contributed by atoms with E-state index in [4.69, 9.17) is 14.2 Å². The predicted molar refractivity (Wildman–Crippen MR) is 123 cm³/mol. The summed E-state index contributed by atoms with van der Waals surface area (Å²) in [5.74, 6) is 3.59. The third kappa shape index (κ3) is 8.90. The summed E-state index contributed by atoms with van der Waals surface area (Å²) < 4.78 is 16.2. The molecule has 0 bridgehead atoms. The highest BCUT2D eigenvalue weighted by atomic mass is 127. The lowest BCUT2D eigenvalue weighted by Gasteiger charge is -2.19. The number of benzene rings is 1. The van der Waals surface area contributed by atoms with Crippen LogP contribution in [0.3, 0.4) is 0 Å². The molecule has 1 aromatic rings. The van der Waals surface area contributed by atoms with E-state index in [1.165, 1.54) is 12.8 Å². The second-order valence-electron chi connectivity index (χ2n) is 6.81. The van der Waals surface area contributed by atoms with Gasteiger partial charge in [-0.15, -0.1) is 24.0 Å². The van der Waals surface area contributed by atoms with Gasteiger partial charge in [0.2, 0.25) is 0 Å².